The van der Waals surface area contributed by atoms with Gasteiger partial charge >= 0.3 is 0 Å². The van der Waals surface area contributed by atoms with Crippen molar-refractivity contribution in [3.05, 3.63) is 27.7 Å². The Morgan fingerprint density at radius 1 is 1.42 bits per heavy atom. The van der Waals surface area contributed by atoms with Crippen molar-refractivity contribution in [2.24, 2.45) is 7.05 Å². The summed E-state index contributed by atoms with van der Waals surface area (Å²) >= 11 is 0. The molecule has 0 amide bonds. The van der Waals surface area contributed by atoms with Gasteiger partial charge in [0.1, 0.15) is 0 Å². The van der Waals surface area contributed by atoms with Crippen LogP contribution in [0.15, 0.2) is 11.0 Å². The van der Waals surface area contributed by atoms with E-state index in [0.717, 1.165) is 30.4 Å². The van der Waals surface area contributed by atoms with Crippen LogP contribution in [0.25, 0.3) is 0 Å². The average molecular weight is 164 g/mol. The highest BCUT2D eigenvalue weighted by Gasteiger charge is 2.13. The van der Waals surface area contributed by atoms with Crippen LogP contribution >= 0.6 is 0 Å². The third-order valence-electron chi connectivity index (χ3n) is 2.45. The van der Waals surface area contributed by atoms with Crippen molar-refractivity contribution in [2.75, 3.05) is 0 Å². The van der Waals surface area contributed by atoms with Gasteiger partial charge in [0.15, 0.2) is 0 Å². The summed E-state index contributed by atoms with van der Waals surface area (Å²) in [5.74, 6) is 0. The highest BCUT2D eigenvalue weighted by Crippen LogP contribution is 2.15. The van der Waals surface area contributed by atoms with Gasteiger partial charge in [-0.25, -0.2) is 4.68 Å². The normalized spacial score (nSPS) is 15.8. The van der Waals surface area contributed by atoms with Gasteiger partial charge in [-0.1, -0.05) is 0 Å². The van der Waals surface area contributed by atoms with Crippen LogP contribution in [0, 0.1) is 0 Å². The second-order valence-corrected chi connectivity index (χ2v) is 3.28. The summed E-state index contributed by atoms with van der Waals surface area (Å²) in [4.78, 5) is 11.5. The van der Waals surface area contributed by atoms with Crippen LogP contribution < -0.4 is 5.56 Å². The molecular formula is C9H12N2O. The van der Waals surface area contributed by atoms with E-state index >= 15 is 0 Å². The van der Waals surface area contributed by atoms with Gasteiger partial charge in [0.25, 0.3) is 5.56 Å². The first-order valence-electron chi connectivity index (χ1n) is 4.33. The number of rotatable bonds is 0. The molecule has 2 rings (SSSR count). The maximum absolute atomic E-state index is 11.5. The second kappa shape index (κ2) is 2.73. The number of hydrogen-bond acceptors (Lipinski definition) is 2. The Bertz CT molecular complexity index is 354. The van der Waals surface area contributed by atoms with Crippen LogP contribution in [0.4, 0.5) is 0 Å². The summed E-state index contributed by atoms with van der Waals surface area (Å²) in [5, 5.41) is 4.00. The minimum Gasteiger partial charge on any atom is -0.268 e. The smallest absolute Gasteiger partial charge is 0.268 e. The highest BCUT2D eigenvalue weighted by molar-refractivity contribution is 5.23. The van der Waals surface area contributed by atoms with E-state index in [1.807, 2.05) is 6.20 Å². The predicted molar refractivity (Wildman–Crippen MR) is 46.1 cm³/mol. The van der Waals surface area contributed by atoms with E-state index in [-0.39, 0.29) is 5.56 Å². The number of aromatic nitrogens is 2. The second-order valence-electron chi connectivity index (χ2n) is 3.28. The fraction of sp³-hybridized carbons (Fsp3) is 0.556. The highest BCUT2D eigenvalue weighted by atomic mass is 16.1. The molecule has 1 aliphatic carbocycles. The van der Waals surface area contributed by atoms with E-state index in [2.05, 4.69) is 5.10 Å². The van der Waals surface area contributed by atoms with E-state index < -0.39 is 0 Å². The van der Waals surface area contributed by atoms with Gasteiger partial charge in [-0.3, -0.25) is 4.79 Å². The van der Waals surface area contributed by atoms with Crippen LogP contribution in [0.3, 0.4) is 0 Å². The zero-order valence-corrected chi connectivity index (χ0v) is 7.21. The fourth-order valence-corrected chi connectivity index (χ4v) is 1.72. The van der Waals surface area contributed by atoms with Crippen molar-refractivity contribution in [3.63, 3.8) is 0 Å². The third-order valence-corrected chi connectivity index (χ3v) is 2.45. The zero-order chi connectivity index (χ0) is 8.55. The molecule has 1 aromatic heterocycles. The van der Waals surface area contributed by atoms with Gasteiger partial charge in [-0.15, -0.1) is 0 Å². The van der Waals surface area contributed by atoms with Crippen LogP contribution in [0.1, 0.15) is 24.0 Å². The first kappa shape index (κ1) is 7.53. The molecule has 0 aliphatic heterocycles. The molecule has 0 bridgehead atoms. The monoisotopic (exact) mass is 164 g/mol. The number of fused-ring (bicyclic) bond motifs is 1. The molecule has 0 radical (unpaired) electrons. The molecule has 64 valence electrons. The van der Waals surface area contributed by atoms with Crippen molar-refractivity contribution in [2.45, 2.75) is 25.7 Å². The molecule has 1 aliphatic rings. The Morgan fingerprint density at radius 2 is 2.17 bits per heavy atom. The Morgan fingerprint density at radius 3 is 3.00 bits per heavy atom. The van der Waals surface area contributed by atoms with E-state index in [4.69, 9.17) is 0 Å². The van der Waals surface area contributed by atoms with Crippen molar-refractivity contribution in [3.8, 4) is 0 Å². The molecule has 0 N–H and O–H groups in total. The maximum atomic E-state index is 11.5. The average Bonchev–Trinajstić information content (AvgIpc) is 2.12. The Labute approximate surface area is 71.0 Å². The number of nitrogens with zero attached hydrogens (tertiary/aromatic N) is 2. The molecule has 0 saturated heterocycles. The molecule has 0 saturated carbocycles. The van der Waals surface area contributed by atoms with Gasteiger partial charge < -0.3 is 0 Å². The summed E-state index contributed by atoms with van der Waals surface area (Å²) in [6.07, 6.45) is 6.13. The van der Waals surface area contributed by atoms with E-state index in [1.54, 1.807) is 7.05 Å². The molecule has 0 unspecified atom stereocenters. The number of hydrogen-bond donors (Lipinski definition) is 0. The quantitative estimate of drug-likeness (QED) is 0.564. The largest absolute Gasteiger partial charge is 0.269 e. The van der Waals surface area contributed by atoms with Gasteiger partial charge in [0, 0.05) is 12.6 Å². The fourth-order valence-electron chi connectivity index (χ4n) is 1.72. The summed E-state index contributed by atoms with van der Waals surface area (Å²) < 4.78 is 1.42. The SMILES string of the molecule is Cn1ncc2c(c1=O)CCCC2. The van der Waals surface area contributed by atoms with E-state index in [1.165, 1.54) is 11.1 Å². The lowest BCUT2D eigenvalue weighted by atomic mass is 9.94. The van der Waals surface area contributed by atoms with Gasteiger partial charge in [-0.05, 0) is 31.2 Å². The van der Waals surface area contributed by atoms with E-state index in [0.29, 0.717) is 0 Å². The van der Waals surface area contributed by atoms with Gasteiger partial charge in [0.05, 0.1) is 6.20 Å². The minimum absolute atomic E-state index is 0.0900. The third kappa shape index (κ3) is 1.05. The summed E-state index contributed by atoms with van der Waals surface area (Å²) in [5.41, 5.74) is 2.23. The number of aryl methyl sites for hydroxylation is 2. The topological polar surface area (TPSA) is 34.9 Å². The van der Waals surface area contributed by atoms with Crippen molar-refractivity contribution in [1.29, 1.82) is 0 Å². The first-order chi connectivity index (χ1) is 5.79. The standard InChI is InChI=1S/C9H12N2O/c1-11-9(12)8-5-3-2-4-7(8)6-10-11/h6H,2-5H2,1H3. The lowest BCUT2D eigenvalue weighted by molar-refractivity contribution is 0.623. The molecule has 0 spiro atoms. The minimum atomic E-state index is 0.0900. The molecule has 0 atom stereocenters. The molecular weight excluding hydrogens is 152 g/mol. The molecule has 3 nitrogen and oxygen atoms in total. The lowest BCUT2D eigenvalue weighted by Crippen LogP contribution is -2.26. The van der Waals surface area contributed by atoms with Gasteiger partial charge in [-0.2, -0.15) is 5.10 Å². The molecule has 12 heavy (non-hydrogen) atoms. The Kier molecular flexibility index (Phi) is 1.71. The van der Waals surface area contributed by atoms with Crippen LogP contribution in [-0.2, 0) is 19.9 Å². The molecule has 1 heterocycles. The summed E-state index contributed by atoms with van der Waals surface area (Å²) in [6.45, 7) is 0. The summed E-state index contributed by atoms with van der Waals surface area (Å²) in [7, 11) is 1.71. The Hall–Kier alpha value is -1.12. The van der Waals surface area contributed by atoms with E-state index in [9.17, 15) is 4.79 Å². The maximum Gasteiger partial charge on any atom is 0.269 e. The van der Waals surface area contributed by atoms with Gasteiger partial charge in [0.2, 0.25) is 0 Å². The van der Waals surface area contributed by atoms with Crippen LogP contribution in [0.5, 0.6) is 0 Å². The van der Waals surface area contributed by atoms with Crippen molar-refractivity contribution >= 4 is 0 Å². The lowest BCUT2D eigenvalue weighted by Gasteiger charge is -2.13. The zero-order valence-electron chi connectivity index (χ0n) is 7.21. The molecule has 0 fully saturated rings. The molecule has 3 heteroatoms. The molecule has 0 aromatic carbocycles. The first-order valence-corrected chi connectivity index (χ1v) is 4.33. The molecule has 1 aromatic rings. The van der Waals surface area contributed by atoms with Crippen molar-refractivity contribution < 1.29 is 0 Å². The van der Waals surface area contributed by atoms with Crippen molar-refractivity contribution in [1.82, 2.24) is 9.78 Å². The Balaban J connectivity index is 2.62. The van der Waals surface area contributed by atoms with Crippen LogP contribution in [-0.4, -0.2) is 9.78 Å². The summed E-state index contributed by atoms with van der Waals surface area (Å²) in [6, 6.07) is 0. The van der Waals surface area contributed by atoms with Crippen LogP contribution in [0.2, 0.25) is 0 Å². The predicted octanol–water partition coefficient (Wildman–Crippen LogP) is 0.659.